The molecule has 1 aliphatic rings. The topological polar surface area (TPSA) is 74.0 Å². The fourth-order valence-corrected chi connectivity index (χ4v) is 3.06. The van der Waals surface area contributed by atoms with Gasteiger partial charge in [-0.1, -0.05) is 6.07 Å². The highest BCUT2D eigenvalue weighted by molar-refractivity contribution is 6.05. The summed E-state index contributed by atoms with van der Waals surface area (Å²) < 4.78 is 16.1. The molecule has 2 aromatic carbocycles. The number of β-lactam (4-membered cyclic amide) rings is 1. The Morgan fingerprint density at radius 3 is 2.32 bits per heavy atom. The average Bonchev–Trinajstić information content (AvgIpc) is 2.66. The van der Waals surface area contributed by atoms with Gasteiger partial charge >= 0.3 is 0 Å². The molecule has 132 valence electrons. The van der Waals surface area contributed by atoms with Gasteiger partial charge in [-0.3, -0.25) is 4.79 Å². The van der Waals surface area contributed by atoms with Crippen LogP contribution in [-0.4, -0.2) is 32.8 Å². The van der Waals surface area contributed by atoms with E-state index in [1.807, 2.05) is 49.4 Å². The van der Waals surface area contributed by atoms with Gasteiger partial charge in [-0.15, -0.1) is 0 Å². The number of nitrogens with two attached hydrogens (primary N) is 1. The van der Waals surface area contributed by atoms with Gasteiger partial charge in [-0.25, -0.2) is 0 Å². The number of methoxy groups -OCH3 is 2. The van der Waals surface area contributed by atoms with Gasteiger partial charge in [0.1, 0.15) is 11.8 Å². The van der Waals surface area contributed by atoms with E-state index < -0.39 is 6.04 Å². The van der Waals surface area contributed by atoms with E-state index in [1.54, 1.807) is 19.1 Å². The standard InChI is InChI=1S/C19H22N2O4/c1-4-25-14-8-6-13(7-9-14)21-18(17(20)19(21)22)12-5-10-15(23-2)16(11-12)24-3/h5-11,17-18H,4,20H2,1-3H3/t17-,18+/m0/s1. The summed E-state index contributed by atoms with van der Waals surface area (Å²) in [5.41, 5.74) is 7.77. The first-order valence-electron chi connectivity index (χ1n) is 8.14. The van der Waals surface area contributed by atoms with Crippen LogP contribution in [0.3, 0.4) is 0 Å². The van der Waals surface area contributed by atoms with Crippen LogP contribution in [0.2, 0.25) is 0 Å². The van der Waals surface area contributed by atoms with Crippen LogP contribution in [0.4, 0.5) is 5.69 Å². The lowest BCUT2D eigenvalue weighted by molar-refractivity contribution is -0.126. The van der Waals surface area contributed by atoms with E-state index in [4.69, 9.17) is 19.9 Å². The van der Waals surface area contributed by atoms with Gasteiger partial charge in [-0.05, 0) is 48.9 Å². The van der Waals surface area contributed by atoms with Crippen molar-refractivity contribution in [2.75, 3.05) is 25.7 Å². The van der Waals surface area contributed by atoms with Crippen LogP contribution in [-0.2, 0) is 4.79 Å². The number of hydrogen-bond donors (Lipinski definition) is 1. The highest BCUT2D eigenvalue weighted by atomic mass is 16.5. The summed E-state index contributed by atoms with van der Waals surface area (Å²) in [5, 5.41) is 0. The quantitative estimate of drug-likeness (QED) is 0.817. The van der Waals surface area contributed by atoms with Crippen molar-refractivity contribution in [3.8, 4) is 17.2 Å². The number of carbonyl (C=O) groups is 1. The van der Waals surface area contributed by atoms with Crippen LogP contribution in [0.25, 0.3) is 0 Å². The molecule has 0 spiro atoms. The van der Waals surface area contributed by atoms with Gasteiger partial charge in [0.15, 0.2) is 11.5 Å². The number of nitrogens with zero attached hydrogens (tertiary/aromatic N) is 1. The summed E-state index contributed by atoms with van der Waals surface area (Å²) >= 11 is 0. The van der Waals surface area contributed by atoms with Crippen LogP contribution in [0.1, 0.15) is 18.5 Å². The molecule has 0 aliphatic carbocycles. The predicted molar refractivity (Wildman–Crippen MR) is 95.4 cm³/mol. The Labute approximate surface area is 147 Å². The predicted octanol–water partition coefficient (Wildman–Crippen LogP) is 2.52. The molecule has 0 bridgehead atoms. The second-order valence-corrected chi connectivity index (χ2v) is 5.72. The third-order valence-corrected chi connectivity index (χ3v) is 4.32. The minimum Gasteiger partial charge on any atom is -0.494 e. The van der Waals surface area contributed by atoms with E-state index in [0.717, 1.165) is 17.0 Å². The molecular weight excluding hydrogens is 320 g/mol. The van der Waals surface area contributed by atoms with Crippen LogP contribution in [0, 0.1) is 0 Å². The number of hydrogen-bond acceptors (Lipinski definition) is 5. The van der Waals surface area contributed by atoms with Crippen molar-refractivity contribution in [3.63, 3.8) is 0 Å². The summed E-state index contributed by atoms with van der Waals surface area (Å²) in [5.74, 6) is 1.91. The number of rotatable bonds is 6. The molecule has 25 heavy (non-hydrogen) atoms. The fourth-order valence-electron chi connectivity index (χ4n) is 3.06. The Bertz CT molecular complexity index is 761. The van der Waals surface area contributed by atoms with E-state index in [2.05, 4.69) is 0 Å². The maximum absolute atomic E-state index is 12.3. The Balaban J connectivity index is 1.91. The van der Waals surface area contributed by atoms with Gasteiger partial charge < -0.3 is 24.8 Å². The molecule has 3 rings (SSSR count). The van der Waals surface area contributed by atoms with Crippen LogP contribution < -0.4 is 24.8 Å². The van der Waals surface area contributed by atoms with Crippen molar-refractivity contribution >= 4 is 11.6 Å². The molecule has 1 aliphatic heterocycles. The van der Waals surface area contributed by atoms with Crippen molar-refractivity contribution in [2.24, 2.45) is 5.73 Å². The number of benzene rings is 2. The SMILES string of the molecule is CCOc1ccc(N2C(=O)[C@@H](N)[C@H]2c2ccc(OC)c(OC)c2)cc1. The van der Waals surface area contributed by atoms with Crippen LogP contribution in [0.5, 0.6) is 17.2 Å². The maximum atomic E-state index is 12.3. The van der Waals surface area contributed by atoms with Crippen LogP contribution >= 0.6 is 0 Å². The van der Waals surface area contributed by atoms with Crippen molar-refractivity contribution in [1.29, 1.82) is 0 Å². The number of anilines is 1. The van der Waals surface area contributed by atoms with Gasteiger partial charge in [0, 0.05) is 5.69 Å². The zero-order chi connectivity index (χ0) is 18.0. The third-order valence-electron chi connectivity index (χ3n) is 4.32. The van der Waals surface area contributed by atoms with Crippen LogP contribution in [0.15, 0.2) is 42.5 Å². The Hall–Kier alpha value is -2.73. The van der Waals surface area contributed by atoms with Gasteiger partial charge in [-0.2, -0.15) is 0 Å². The summed E-state index contributed by atoms with van der Waals surface area (Å²) in [6, 6.07) is 12.2. The first-order chi connectivity index (χ1) is 12.1. The molecule has 0 aromatic heterocycles. The summed E-state index contributed by atoms with van der Waals surface area (Å²) in [4.78, 5) is 14.0. The first-order valence-corrected chi connectivity index (χ1v) is 8.14. The van der Waals surface area contributed by atoms with Crippen molar-refractivity contribution in [2.45, 2.75) is 19.0 Å². The Morgan fingerprint density at radius 2 is 1.72 bits per heavy atom. The second kappa shape index (κ2) is 7.03. The summed E-state index contributed by atoms with van der Waals surface area (Å²) in [6.45, 7) is 2.53. The molecule has 1 heterocycles. The van der Waals surface area contributed by atoms with Gasteiger partial charge in [0.2, 0.25) is 5.91 Å². The van der Waals surface area contributed by atoms with E-state index in [0.29, 0.717) is 18.1 Å². The summed E-state index contributed by atoms with van der Waals surface area (Å²) in [6.07, 6.45) is 0. The minimum absolute atomic E-state index is 0.107. The Morgan fingerprint density at radius 1 is 1.04 bits per heavy atom. The zero-order valence-electron chi connectivity index (χ0n) is 14.6. The molecule has 2 aromatic rings. The molecule has 1 amide bonds. The van der Waals surface area contributed by atoms with Crippen molar-refractivity contribution in [1.82, 2.24) is 0 Å². The van der Waals surface area contributed by atoms with Gasteiger partial charge in [0.05, 0.1) is 26.9 Å². The monoisotopic (exact) mass is 342 g/mol. The smallest absolute Gasteiger partial charge is 0.247 e. The number of amides is 1. The lowest BCUT2D eigenvalue weighted by Crippen LogP contribution is -2.63. The highest BCUT2D eigenvalue weighted by Crippen LogP contribution is 2.41. The molecule has 0 unspecified atom stereocenters. The molecule has 1 fully saturated rings. The molecule has 6 nitrogen and oxygen atoms in total. The molecular formula is C19H22N2O4. The first kappa shape index (κ1) is 17.1. The zero-order valence-corrected chi connectivity index (χ0v) is 14.6. The molecule has 0 radical (unpaired) electrons. The number of carbonyl (C=O) groups excluding carboxylic acids is 1. The van der Waals surface area contributed by atoms with Crippen molar-refractivity contribution in [3.05, 3.63) is 48.0 Å². The lowest BCUT2D eigenvalue weighted by Gasteiger charge is -2.45. The molecule has 6 heteroatoms. The molecule has 2 atom stereocenters. The largest absolute Gasteiger partial charge is 0.494 e. The van der Waals surface area contributed by atoms with Gasteiger partial charge in [0.25, 0.3) is 0 Å². The molecule has 0 saturated carbocycles. The fraction of sp³-hybridized carbons (Fsp3) is 0.316. The normalized spacial score (nSPS) is 19.4. The third kappa shape index (κ3) is 3.00. The van der Waals surface area contributed by atoms with E-state index in [1.165, 1.54) is 0 Å². The van der Waals surface area contributed by atoms with E-state index in [-0.39, 0.29) is 11.9 Å². The highest BCUT2D eigenvalue weighted by Gasteiger charge is 2.46. The lowest BCUT2D eigenvalue weighted by atomic mass is 9.88. The Kier molecular flexibility index (Phi) is 4.81. The molecule has 1 saturated heterocycles. The van der Waals surface area contributed by atoms with E-state index in [9.17, 15) is 4.79 Å². The summed E-state index contributed by atoms with van der Waals surface area (Å²) in [7, 11) is 3.17. The van der Waals surface area contributed by atoms with E-state index >= 15 is 0 Å². The van der Waals surface area contributed by atoms with Crippen molar-refractivity contribution < 1.29 is 19.0 Å². The molecule has 2 N–H and O–H groups in total. The maximum Gasteiger partial charge on any atom is 0.247 e. The second-order valence-electron chi connectivity index (χ2n) is 5.72. The minimum atomic E-state index is -0.579. The average molecular weight is 342 g/mol. The number of ether oxygens (including phenoxy) is 3.